The van der Waals surface area contributed by atoms with Crippen molar-refractivity contribution in [1.82, 2.24) is 14.8 Å². The molecule has 0 amide bonds. The van der Waals surface area contributed by atoms with Crippen LogP contribution >= 0.6 is 43.5 Å². The van der Waals surface area contributed by atoms with Crippen LogP contribution in [0.4, 0.5) is 0 Å². The summed E-state index contributed by atoms with van der Waals surface area (Å²) in [5.41, 5.74) is 0.891. The Morgan fingerprint density at radius 3 is 2.76 bits per heavy atom. The summed E-state index contributed by atoms with van der Waals surface area (Å²) < 4.78 is 2.91. The molecule has 2 rings (SSSR count). The monoisotopic (exact) mass is 377 g/mol. The second-order valence-electron chi connectivity index (χ2n) is 3.42. The fourth-order valence-corrected chi connectivity index (χ4v) is 2.63. The summed E-state index contributed by atoms with van der Waals surface area (Å²) in [6.45, 7) is 2.87. The Morgan fingerprint density at radius 2 is 2.12 bits per heavy atom. The predicted molar refractivity (Wildman–Crippen MR) is 76.5 cm³/mol. The molecule has 6 heteroatoms. The first-order valence-corrected chi connectivity index (χ1v) is 7.40. The summed E-state index contributed by atoms with van der Waals surface area (Å²) in [4.78, 5) is 0. The predicted octanol–water partition coefficient (Wildman–Crippen LogP) is 4.28. The molecule has 0 saturated heterocycles. The van der Waals surface area contributed by atoms with Gasteiger partial charge in [-0.25, -0.2) is 0 Å². The number of hydrogen-bond acceptors (Lipinski definition) is 2. The molecule has 0 aliphatic rings. The van der Waals surface area contributed by atoms with Crippen LogP contribution in [-0.2, 0) is 11.9 Å². The van der Waals surface area contributed by atoms with E-state index in [1.165, 1.54) is 0 Å². The summed E-state index contributed by atoms with van der Waals surface area (Å²) >= 11 is 13.1. The molecule has 0 bridgehead atoms. The van der Waals surface area contributed by atoms with Gasteiger partial charge in [-0.2, -0.15) is 0 Å². The van der Waals surface area contributed by atoms with Crippen molar-refractivity contribution in [1.29, 1.82) is 0 Å². The minimum atomic E-state index is 0.663. The van der Waals surface area contributed by atoms with Gasteiger partial charge in [0.25, 0.3) is 0 Å². The number of hydrogen-bond donors (Lipinski definition) is 0. The summed E-state index contributed by atoms with van der Waals surface area (Å²) in [6.07, 6.45) is 0. The number of alkyl halides is 1. The van der Waals surface area contributed by atoms with E-state index in [0.717, 1.165) is 28.2 Å². The maximum Gasteiger partial charge on any atom is 0.165 e. The van der Waals surface area contributed by atoms with E-state index in [0.29, 0.717) is 10.4 Å². The Kier molecular flexibility index (Phi) is 4.22. The quantitative estimate of drug-likeness (QED) is 0.746. The normalized spacial score (nSPS) is 10.8. The molecule has 0 fully saturated rings. The van der Waals surface area contributed by atoms with Crippen LogP contribution in [-0.4, -0.2) is 14.8 Å². The van der Waals surface area contributed by atoms with E-state index in [4.69, 9.17) is 11.6 Å². The molecule has 0 spiro atoms. The SMILES string of the molecule is CCn1c(CBr)nnc1-c1cccc(Br)c1Cl. The van der Waals surface area contributed by atoms with Gasteiger partial charge in [0.15, 0.2) is 5.82 Å². The van der Waals surface area contributed by atoms with Crippen LogP contribution in [0, 0.1) is 0 Å². The third-order valence-corrected chi connectivity index (χ3v) is 4.25. The molecule has 0 aliphatic carbocycles. The highest BCUT2D eigenvalue weighted by atomic mass is 79.9. The molecule has 1 heterocycles. The van der Waals surface area contributed by atoms with E-state index in [1.807, 2.05) is 22.8 Å². The van der Waals surface area contributed by atoms with E-state index in [9.17, 15) is 0 Å². The molecule has 1 aromatic carbocycles. The van der Waals surface area contributed by atoms with Crippen molar-refractivity contribution in [3.05, 3.63) is 33.5 Å². The van der Waals surface area contributed by atoms with Gasteiger partial charge in [-0.1, -0.05) is 33.6 Å². The summed E-state index contributed by atoms with van der Waals surface area (Å²) in [7, 11) is 0. The van der Waals surface area contributed by atoms with Gasteiger partial charge in [0.05, 0.1) is 10.4 Å². The second kappa shape index (κ2) is 5.50. The van der Waals surface area contributed by atoms with Crippen LogP contribution in [0.3, 0.4) is 0 Å². The zero-order valence-corrected chi connectivity index (χ0v) is 13.0. The molecule has 0 unspecified atom stereocenters. The maximum absolute atomic E-state index is 6.27. The van der Waals surface area contributed by atoms with Gasteiger partial charge in [-0.15, -0.1) is 10.2 Å². The van der Waals surface area contributed by atoms with Gasteiger partial charge >= 0.3 is 0 Å². The molecule has 0 aliphatic heterocycles. The molecular formula is C11H10Br2ClN3. The van der Waals surface area contributed by atoms with Crippen molar-refractivity contribution in [2.45, 2.75) is 18.8 Å². The molecule has 0 radical (unpaired) electrons. The minimum Gasteiger partial charge on any atom is -0.311 e. The van der Waals surface area contributed by atoms with Crippen LogP contribution in [0.5, 0.6) is 0 Å². The fraction of sp³-hybridized carbons (Fsp3) is 0.273. The lowest BCUT2D eigenvalue weighted by Gasteiger charge is -2.08. The number of halogens is 3. The summed E-state index contributed by atoms with van der Waals surface area (Å²) in [6, 6.07) is 5.79. The van der Waals surface area contributed by atoms with E-state index in [-0.39, 0.29) is 0 Å². The third-order valence-electron chi connectivity index (χ3n) is 2.46. The lowest BCUT2D eigenvalue weighted by Crippen LogP contribution is -2.02. The maximum atomic E-state index is 6.27. The van der Waals surface area contributed by atoms with E-state index in [2.05, 4.69) is 49.0 Å². The molecule has 90 valence electrons. The minimum absolute atomic E-state index is 0.663. The highest BCUT2D eigenvalue weighted by molar-refractivity contribution is 9.10. The zero-order chi connectivity index (χ0) is 12.4. The van der Waals surface area contributed by atoms with Crippen molar-refractivity contribution in [3.63, 3.8) is 0 Å². The lowest BCUT2D eigenvalue weighted by atomic mass is 10.2. The number of nitrogens with zero attached hydrogens (tertiary/aromatic N) is 3. The average molecular weight is 379 g/mol. The van der Waals surface area contributed by atoms with Gasteiger partial charge in [0.1, 0.15) is 5.82 Å². The Bertz CT molecular complexity index is 540. The van der Waals surface area contributed by atoms with Crippen LogP contribution < -0.4 is 0 Å². The first-order valence-electron chi connectivity index (χ1n) is 5.11. The van der Waals surface area contributed by atoms with Crippen LogP contribution in [0.2, 0.25) is 5.02 Å². The largest absolute Gasteiger partial charge is 0.311 e. The van der Waals surface area contributed by atoms with E-state index >= 15 is 0 Å². The van der Waals surface area contributed by atoms with Crippen LogP contribution in [0.15, 0.2) is 22.7 Å². The number of rotatable bonds is 3. The molecular weight excluding hydrogens is 369 g/mol. The highest BCUT2D eigenvalue weighted by Gasteiger charge is 2.15. The second-order valence-corrected chi connectivity index (χ2v) is 5.21. The number of aromatic nitrogens is 3. The van der Waals surface area contributed by atoms with Crippen molar-refractivity contribution < 1.29 is 0 Å². The third kappa shape index (κ3) is 2.41. The van der Waals surface area contributed by atoms with Crippen molar-refractivity contribution in [2.24, 2.45) is 0 Å². The highest BCUT2D eigenvalue weighted by Crippen LogP contribution is 2.33. The Hall–Kier alpha value is -0.390. The smallest absolute Gasteiger partial charge is 0.165 e. The van der Waals surface area contributed by atoms with Crippen molar-refractivity contribution >= 4 is 43.5 Å². The van der Waals surface area contributed by atoms with Crippen LogP contribution in [0.1, 0.15) is 12.7 Å². The van der Waals surface area contributed by atoms with Gasteiger partial charge in [0.2, 0.25) is 0 Å². The molecule has 0 N–H and O–H groups in total. The molecule has 17 heavy (non-hydrogen) atoms. The van der Waals surface area contributed by atoms with Gasteiger partial charge < -0.3 is 4.57 Å². The average Bonchev–Trinajstić information content (AvgIpc) is 2.75. The molecule has 0 atom stereocenters. The Labute approximate surface area is 121 Å². The molecule has 3 nitrogen and oxygen atoms in total. The standard InChI is InChI=1S/C11H10Br2ClN3/c1-2-17-9(6-12)15-16-11(17)7-4-3-5-8(13)10(7)14/h3-5H,2,6H2,1H3. The van der Waals surface area contributed by atoms with Gasteiger partial charge in [-0.3, -0.25) is 0 Å². The molecule has 2 aromatic rings. The molecule has 0 saturated carbocycles. The topological polar surface area (TPSA) is 30.7 Å². The van der Waals surface area contributed by atoms with Gasteiger partial charge in [-0.05, 0) is 35.0 Å². The number of benzene rings is 1. The van der Waals surface area contributed by atoms with Gasteiger partial charge in [0, 0.05) is 16.6 Å². The summed E-state index contributed by atoms with van der Waals surface area (Å²) in [5.74, 6) is 1.70. The van der Waals surface area contributed by atoms with E-state index in [1.54, 1.807) is 0 Å². The Morgan fingerprint density at radius 1 is 1.35 bits per heavy atom. The summed E-state index contributed by atoms with van der Waals surface area (Å²) in [5, 5.41) is 9.70. The fourth-order valence-electron chi connectivity index (χ4n) is 1.64. The zero-order valence-electron chi connectivity index (χ0n) is 9.12. The Balaban J connectivity index is 2.60. The lowest BCUT2D eigenvalue weighted by molar-refractivity contribution is 0.733. The van der Waals surface area contributed by atoms with E-state index < -0.39 is 0 Å². The van der Waals surface area contributed by atoms with Crippen molar-refractivity contribution in [3.8, 4) is 11.4 Å². The molecule has 1 aromatic heterocycles. The first-order chi connectivity index (χ1) is 8.19. The van der Waals surface area contributed by atoms with Crippen molar-refractivity contribution in [2.75, 3.05) is 0 Å². The van der Waals surface area contributed by atoms with Crippen LogP contribution in [0.25, 0.3) is 11.4 Å². The first kappa shape index (κ1) is 13.1.